The summed E-state index contributed by atoms with van der Waals surface area (Å²) in [7, 11) is 2.06. The number of rotatable bonds is 5. The molecule has 0 aliphatic rings. The minimum Gasteiger partial charge on any atom is -0.301 e. The predicted octanol–water partition coefficient (Wildman–Crippen LogP) is 2.85. The normalized spacial score (nSPS) is 19.2. The molecule has 0 rings (SSSR count). The summed E-state index contributed by atoms with van der Waals surface area (Å²) in [5, 5.41) is 0. The third kappa shape index (κ3) is 3.10. The van der Waals surface area contributed by atoms with Crippen LogP contribution in [0.5, 0.6) is 0 Å². The molecule has 0 heterocycles. The lowest BCUT2D eigenvalue weighted by Gasteiger charge is -2.38. The SMILES string of the molecule is CCN(C)C(C)(CC)CC(C)F. The topological polar surface area (TPSA) is 3.24 Å². The van der Waals surface area contributed by atoms with Gasteiger partial charge in [0.2, 0.25) is 0 Å². The van der Waals surface area contributed by atoms with Crippen molar-refractivity contribution < 1.29 is 4.39 Å². The van der Waals surface area contributed by atoms with Crippen LogP contribution < -0.4 is 0 Å². The highest BCUT2D eigenvalue weighted by Crippen LogP contribution is 2.24. The maximum absolute atomic E-state index is 12.9. The molecule has 2 heteroatoms. The smallest absolute Gasteiger partial charge is 0.0991 e. The summed E-state index contributed by atoms with van der Waals surface area (Å²) >= 11 is 0. The molecule has 0 saturated carbocycles. The van der Waals surface area contributed by atoms with Gasteiger partial charge in [-0.25, -0.2) is 4.39 Å². The standard InChI is InChI=1S/C10H22FN/c1-6-10(4,8-9(3)11)12(5)7-2/h9H,6-8H2,1-5H3. The highest BCUT2D eigenvalue weighted by atomic mass is 19.1. The first kappa shape index (κ1) is 11.9. The second-order valence-corrected chi connectivity index (χ2v) is 3.85. The summed E-state index contributed by atoms with van der Waals surface area (Å²) in [6.45, 7) is 8.98. The molecule has 1 nitrogen and oxygen atoms in total. The lowest BCUT2D eigenvalue weighted by Crippen LogP contribution is -2.44. The van der Waals surface area contributed by atoms with Crippen molar-refractivity contribution in [3.05, 3.63) is 0 Å². The number of halogens is 1. The predicted molar refractivity (Wildman–Crippen MR) is 52.2 cm³/mol. The van der Waals surface area contributed by atoms with Gasteiger partial charge in [-0.2, -0.15) is 0 Å². The van der Waals surface area contributed by atoms with E-state index in [1.807, 2.05) is 0 Å². The van der Waals surface area contributed by atoms with E-state index in [1.54, 1.807) is 6.92 Å². The second-order valence-electron chi connectivity index (χ2n) is 3.85. The van der Waals surface area contributed by atoms with Gasteiger partial charge in [-0.15, -0.1) is 0 Å². The number of alkyl halides is 1. The van der Waals surface area contributed by atoms with E-state index >= 15 is 0 Å². The average Bonchev–Trinajstić information content (AvgIpc) is 2.01. The van der Waals surface area contributed by atoms with Crippen LogP contribution in [-0.2, 0) is 0 Å². The second kappa shape index (κ2) is 4.80. The molecule has 12 heavy (non-hydrogen) atoms. The molecule has 0 N–H and O–H groups in total. The first-order valence-corrected chi connectivity index (χ1v) is 4.81. The van der Waals surface area contributed by atoms with Crippen LogP contribution in [0, 0.1) is 0 Å². The molecule has 0 fully saturated rings. The largest absolute Gasteiger partial charge is 0.301 e. The fraction of sp³-hybridized carbons (Fsp3) is 1.00. The Morgan fingerprint density at radius 3 is 2.17 bits per heavy atom. The summed E-state index contributed by atoms with van der Waals surface area (Å²) in [6, 6.07) is 0. The molecule has 0 radical (unpaired) electrons. The van der Waals surface area contributed by atoms with E-state index < -0.39 is 6.17 Å². The van der Waals surface area contributed by atoms with E-state index in [4.69, 9.17) is 0 Å². The molecule has 74 valence electrons. The van der Waals surface area contributed by atoms with Crippen molar-refractivity contribution >= 4 is 0 Å². The molecule has 0 aliphatic heterocycles. The molecule has 0 spiro atoms. The van der Waals surface area contributed by atoms with E-state index in [9.17, 15) is 4.39 Å². The fourth-order valence-corrected chi connectivity index (χ4v) is 1.56. The third-order valence-corrected chi connectivity index (χ3v) is 2.88. The fourth-order valence-electron chi connectivity index (χ4n) is 1.56. The van der Waals surface area contributed by atoms with Crippen LogP contribution >= 0.6 is 0 Å². The maximum Gasteiger partial charge on any atom is 0.0991 e. The van der Waals surface area contributed by atoms with Gasteiger partial charge in [0, 0.05) is 5.54 Å². The van der Waals surface area contributed by atoms with Gasteiger partial charge < -0.3 is 4.90 Å². The molecular weight excluding hydrogens is 153 g/mol. The van der Waals surface area contributed by atoms with Gasteiger partial charge in [-0.3, -0.25) is 0 Å². The minimum absolute atomic E-state index is 0.0307. The quantitative estimate of drug-likeness (QED) is 0.621. The molecule has 0 amide bonds. The van der Waals surface area contributed by atoms with Crippen molar-refractivity contribution in [1.29, 1.82) is 0 Å². The zero-order chi connectivity index (χ0) is 9.78. The van der Waals surface area contributed by atoms with E-state index in [-0.39, 0.29) is 5.54 Å². The molecule has 0 bridgehead atoms. The van der Waals surface area contributed by atoms with Crippen molar-refractivity contribution in [1.82, 2.24) is 4.90 Å². The molecule has 2 unspecified atom stereocenters. The van der Waals surface area contributed by atoms with Gasteiger partial charge in [0.25, 0.3) is 0 Å². The number of hydrogen-bond acceptors (Lipinski definition) is 1. The summed E-state index contributed by atoms with van der Waals surface area (Å²) in [5.41, 5.74) is 0.0307. The van der Waals surface area contributed by atoms with Gasteiger partial charge >= 0.3 is 0 Å². The monoisotopic (exact) mass is 175 g/mol. The lowest BCUT2D eigenvalue weighted by molar-refractivity contribution is 0.0984. The zero-order valence-electron chi connectivity index (χ0n) is 9.02. The average molecular weight is 175 g/mol. The highest BCUT2D eigenvalue weighted by Gasteiger charge is 2.28. The molecule has 0 saturated heterocycles. The van der Waals surface area contributed by atoms with Gasteiger partial charge in [0.15, 0.2) is 0 Å². The highest BCUT2D eigenvalue weighted by molar-refractivity contribution is 4.84. The maximum atomic E-state index is 12.9. The van der Waals surface area contributed by atoms with Crippen molar-refractivity contribution in [3.63, 3.8) is 0 Å². The van der Waals surface area contributed by atoms with E-state index in [0.29, 0.717) is 6.42 Å². The summed E-state index contributed by atoms with van der Waals surface area (Å²) < 4.78 is 12.9. The third-order valence-electron chi connectivity index (χ3n) is 2.88. The Morgan fingerprint density at radius 2 is 1.92 bits per heavy atom. The van der Waals surface area contributed by atoms with Crippen molar-refractivity contribution in [2.24, 2.45) is 0 Å². The Kier molecular flexibility index (Phi) is 4.76. The van der Waals surface area contributed by atoms with Crippen molar-refractivity contribution in [2.75, 3.05) is 13.6 Å². The summed E-state index contributed by atoms with van der Waals surface area (Å²) in [6.07, 6.45) is 0.934. The molecule has 0 aromatic heterocycles. The Morgan fingerprint density at radius 1 is 1.42 bits per heavy atom. The van der Waals surface area contributed by atoms with Gasteiger partial charge in [0.1, 0.15) is 0 Å². The first-order chi connectivity index (χ1) is 5.46. The molecular formula is C10H22FN. The van der Waals surface area contributed by atoms with Gasteiger partial charge in [0.05, 0.1) is 6.17 Å². The van der Waals surface area contributed by atoms with E-state index in [0.717, 1.165) is 13.0 Å². The minimum atomic E-state index is -0.705. The van der Waals surface area contributed by atoms with Crippen LogP contribution in [0.25, 0.3) is 0 Å². The van der Waals surface area contributed by atoms with E-state index in [1.165, 1.54) is 0 Å². The van der Waals surface area contributed by atoms with E-state index in [2.05, 4.69) is 32.7 Å². The molecule has 0 aromatic carbocycles. The molecule has 2 atom stereocenters. The van der Waals surface area contributed by atoms with Gasteiger partial charge in [-0.05, 0) is 40.3 Å². The lowest BCUT2D eigenvalue weighted by atomic mass is 9.90. The molecule has 0 aliphatic carbocycles. The Hall–Kier alpha value is -0.110. The Balaban J connectivity index is 4.22. The van der Waals surface area contributed by atoms with Crippen LogP contribution in [0.15, 0.2) is 0 Å². The van der Waals surface area contributed by atoms with Crippen molar-refractivity contribution in [2.45, 2.75) is 52.2 Å². The summed E-state index contributed by atoms with van der Waals surface area (Å²) in [5.74, 6) is 0. The van der Waals surface area contributed by atoms with Crippen LogP contribution in [-0.4, -0.2) is 30.2 Å². The number of nitrogens with zero attached hydrogens (tertiary/aromatic N) is 1. The van der Waals surface area contributed by atoms with Crippen LogP contribution in [0.2, 0.25) is 0 Å². The summed E-state index contributed by atoms with van der Waals surface area (Å²) in [4.78, 5) is 2.23. The van der Waals surface area contributed by atoms with Gasteiger partial charge in [-0.1, -0.05) is 13.8 Å². The zero-order valence-corrected chi connectivity index (χ0v) is 9.02. The van der Waals surface area contributed by atoms with Crippen molar-refractivity contribution in [3.8, 4) is 0 Å². The number of hydrogen-bond donors (Lipinski definition) is 0. The van der Waals surface area contributed by atoms with Crippen LogP contribution in [0.4, 0.5) is 4.39 Å². The Bertz CT molecular complexity index is 125. The Labute approximate surface area is 75.9 Å². The first-order valence-electron chi connectivity index (χ1n) is 4.81. The molecule has 0 aromatic rings. The van der Waals surface area contributed by atoms with Crippen LogP contribution in [0.3, 0.4) is 0 Å². The van der Waals surface area contributed by atoms with Crippen LogP contribution in [0.1, 0.15) is 40.5 Å².